The molecular formula is C19H36IN5O2. The number of rotatable bonds is 4. The number of piperazine rings is 1. The molecule has 1 atom stereocenters. The van der Waals surface area contributed by atoms with Crippen molar-refractivity contribution in [3.8, 4) is 0 Å². The molecule has 1 unspecified atom stereocenters. The third-order valence-electron chi connectivity index (χ3n) is 6.03. The first-order chi connectivity index (χ1) is 12.7. The average molecular weight is 493 g/mol. The summed E-state index contributed by atoms with van der Waals surface area (Å²) in [4.78, 5) is 22.8. The first-order valence-corrected chi connectivity index (χ1v) is 10.2. The maximum Gasteiger partial charge on any atom is 0.219 e. The lowest BCUT2D eigenvalue weighted by molar-refractivity contribution is -0.130. The van der Waals surface area contributed by atoms with E-state index >= 15 is 0 Å². The van der Waals surface area contributed by atoms with E-state index in [4.69, 9.17) is 4.74 Å². The Balaban J connectivity index is 0.00000261. The van der Waals surface area contributed by atoms with Crippen LogP contribution in [0, 0.1) is 11.8 Å². The first kappa shape index (κ1) is 22.7. The molecule has 0 aromatic heterocycles. The van der Waals surface area contributed by atoms with Crippen molar-refractivity contribution in [2.24, 2.45) is 16.8 Å². The number of nitrogens with one attached hydrogen (secondary N) is 1. The van der Waals surface area contributed by atoms with Crippen LogP contribution in [-0.2, 0) is 9.53 Å². The van der Waals surface area contributed by atoms with Gasteiger partial charge in [0.25, 0.3) is 0 Å². The van der Waals surface area contributed by atoms with E-state index in [9.17, 15) is 4.79 Å². The van der Waals surface area contributed by atoms with Crippen LogP contribution in [0.1, 0.15) is 26.2 Å². The molecule has 3 aliphatic rings. The number of guanidine groups is 1. The maximum absolute atomic E-state index is 11.4. The first-order valence-electron chi connectivity index (χ1n) is 10.2. The van der Waals surface area contributed by atoms with Crippen molar-refractivity contribution in [3.05, 3.63) is 0 Å². The summed E-state index contributed by atoms with van der Waals surface area (Å²) in [7, 11) is 1.88. The van der Waals surface area contributed by atoms with E-state index in [1.807, 2.05) is 11.9 Å². The molecule has 7 nitrogen and oxygen atoms in total. The number of ether oxygens (including phenoxy) is 1. The van der Waals surface area contributed by atoms with Gasteiger partial charge in [0.2, 0.25) is 5.91 Å². The number of hydrogen-bond acceptors (Lipinski definition) is 4. The molecule has 0 spiro atoms. The van der Waals surface area contributed by atoms with Gasteiger partial charge in [-0.15, -0.1) is 24.0 Å². The second kappa shape index (κ2) is 11.4. The number of hydrogen-bond donors (Lipinski definition) is 1. The SMILES string of the molecule is CN=C(NCC1CCN(C(C)=O)CC1)N1CCN(CC2CCOC2)CC1.I. The molecule has 0 aliphatic carbocycles. The van der Waals surface area contributed by atoms with Crippen molar-refractivity contribution < 1.29 is 9.53 Å². The van der Waals surface area contributed by atoms with Gasteiger partial charge in [-0.2, -0.15) is 0 Å². The van der Waals surface area contributed by atoms with Gasteiger partial charge in [0.05, 0.1) is 6.61 Å². The molecule has 0 aromatic carbocycles. The predicted octanol–water partition coefficient (Wildman–Crippen LogP) is 1.09. The highest BCUT2D eigenvalue weighted by Gasteiger charge is 2.25. The van der Waals surface area contributed by atoms with Crippen LogP contribution in [0.4, 0.5) is 0 Å². The Morgan fingerprint density at radius 3 is 2.30 bits per heavy atom. The fraction of sp³-hybridized carbons (Fsp3) is 0.895. The van der Waals surface area contributed by atoms with E-state index in [2.05, 4.69) is 20.1 Å². The molecule has 1 amide bonds. The Labute approximate surface area is 180 Å². The molecule has 3 saturated heterocycles. The third-order valence-corrected chi connectivity index (χ3v) is 6.03. The lowest BCUT2D eigenvalue weighted by Gasteiger charge is -2.38. The van der Waals surface area contributed by atoms with Crippen LogP contribution in [0.15, 0.2) is 4.99 Å². The fourth-order valence-electron chi connectivity index (χ4n) is 4.25. The van der Waals surface area contributed by atoms with E-state index in [0.717, 1.165) is 83.7 Å². The van der Waals surface area contributed by atoms with Crippen LogP contribution < -0.4 is 5.32 Å². The summed E-state index contributed by atoms with van der Waals surface area (Å²) in [6, 6.07) is 0. The molecule has 3 fully saturated rings. The van der Waals surface area contributed by atoms with Gasteiger partial charge in [-0.05, 0) is 31.1 Å². The molecule has 3 heterocycles. The molecule has 0 radical (unpaired) electrons. The van der Waals surface area contributed by atoms with Crippen molar-refractivity contribution in [3.63, 3.8) is 0 Å². The summed E-state index contributed by atoms with van der Waals surface area (Å²) in [5.74, 6) is 2.59. The normalized spacial score (nSPS) is 25.4. The Morgan fingerprint density at radius 2 is 1.74 bits per heavy atom. The minimum absolute atomic E-state index is 0. The molecule has 0 aromatic rings. The van der Waals surface area contributed by atoms with Crippen LogP contribution in [-0.4, -0.2) is 99.2 Å². The standard InChI is InChI=1S/C19H35N5O2.HI/c1-16(25)23-6-3-17(4-7-23)13-21-19(20-2)24-10-8-22(9-11-24)14-18-5-12-26-15-18;/h17-18H,3-15H2,1-2H3,(H,20,21);1H. The maximum atomic E-state index is 11.4. The summed E-state index contributed by atoms with van der Waals surface area (Å²) >= 11 is 0. The van der Waals surface area contributed by atoms with Crippen LogP contribution in [0.5, 0.6) is 0 Å². The number of nitrogens with zero attached hydrogens (tertiary/aromatic N) is 4. The second-order valence-corrected chi connectivity index (χ2v) is 7.89. The lowest BCUT2D eigenvalue weighted by Crippen LogP contribution is -2.54. The predicted molar refractivity (Wildman–Crippen MR) is 119 cm³/mol. The molecule has 0 saturated carbocycles. The Morgan fingerprint density at radius 1 is 1.04 bits per heavy atom. The van der Waals surface area contributed by atoms with Gasteiger partial charge in [-0.3, -0.25) is 14.7 Å². The zero-order valence-corrected chi connectivity index (χ0v) is 19.2. The highest BCUT2D eigenvalue weighted by molar-refractivity contribution is 14.0. The van der Waals surface area contributed by atoms with Crippen molar-refractivity contribution in [2.45, 2.75) is 26.2 Å². The molecule has 27 heavy (non-hydrogen) atoms. The number of piperidine rings is 1. The van der Waals surface area contributed by atoms with E-state index in [1.54, 1.807) is 6.92 Å². The molecule has 0 bridgehead atoms. The van der Waals surface area contributed by atoms with Crippen LogP contribution in [0.3, 0.4) is 0 Å². The van der Waals surface area contributed by atoms with Crippen molar-refractivity contribution in [1.29, 1.82) is 0 Å². The van der Waals surface area contributed by atoms with Gasteiger partial charge in [0.1, 0.15) is 0 Å². The molecule has 8 heteroatoms. The van der Waals surface area contributed by atoms with E-state index < -0.39 is 0 Å². The summed E-state index contributed by atoms with van der Waals surface area (Å²) in [6.07, 6.45) is 3.38. The fourth-order valence-corrected chi connectivity index (χ4v) is 4.25. The second-order valence-electron chi connectivity index (χ2n) is 7.89. The molecular weight excluding hydrogens is 457 g/mol. The van der Waals surface area contributed by atoms with Crippen LogP contribution in [0.25, 0.3) is 0 Å². The summed E-state index contributed by atoms with van der Waals surface area (Å²) in [6.45, 7) is 11.7. The molecule has 3 rings (SSSR count). The minimum atomic E-state index is 0. The third kappa shape index (κ3) is 6.74. The topological polar surface area (TPSA) is 60.4 Å². The zero-order valence-electron chi connectivity index (χ0n) is 16.9. The Bertz CT molecular complexity index is 482. The highest BCUT2D eigenvalue weighted by atomic mass is 127. The monoisotopic (exact) mass is 493 g/mol. The number of halogens is 1. The Hall–Kier alpha value is -0.610. The minimum Gasteiger partial charge on any atom is -0.381 e. The number of carbonyl (C=O) groups excluding carboxylic acids is 1. The summed E-state index contributed by atoms with van der Waals surface area (Å²) < 4.78 is 5.50. The number of amides is 1. The smallest absolute Gasteiger partial charge is 0.219 e. The van der Waals surface area contributed by atoms with Crippen LogP contribution in [0.2, 0.25) is 0 Å². The number of carbonyl (C=O) groups is 1. The van der Waals surface area contributed by atoms with Gasteiger partial charge in [0, 0.05) is 72.9 Å². The summed E-state index contributed by atoms with van der Waals surface area (Å²) in [5.41, 5.74) is 0. The number of aliphatic imine (C=N–C) groups is 1. The summed E-state index contributed by atoms with van der Waals surface area (Å²) in [5, 5.41) is 3.57. The molecule has 3 aliphatic heterocycles. The van der Waals surface area contributed by atoms with Gasteiger partial charge >= 0.3 is 0 Å². The van der Waals surface area contributed by atoms with Crippen LogP contribution >= 0.6 is 24.0 Å². The lowest BCUT2D eigenvalue weighted by atomic mass is 9.97. The van der Waals surface area contributed by atoms with E-state index in [1.165, 1.54) is 13.0 Å². The van der Waals surface area contributed by atoms with E-state index in [-0.39, 0.29) is 29.9 Å². The zero-order chi connectivity index (χ0) is 18.4. The Kier molecular flexibility index (Phi) is 9.58. The largest absolute Gasteiger partial charge is 0.381 e. The van der Waals surface area contributed by atoms with Gasteiger partial charge in [-0.1, -0.05) is 0 Å². The van der Waals surface area contributed by atoms with Crippen molar-refractivity contribution >= 4 is 35.8 Å². The number of likely N-dealkylation sites (tertiary alicyclic amines) is 1. The van der Waals surface area contributed by atoms with Gasteiger partial charge in [-0.25, -0.2) is 0 Å². The van der Waals surface area contributed by atoms with E-state index in [0.29, 0.717) is 5.92 Å². The van der Waals surface area contributed by atoms with Gasteiger partial charge in [0.15, 0.2) is 5.96 Å². The van der Waals surface area contributed by atoms with Gasteiger partial charge < -0.3 is 19.9 Å². The molecule has 1 N–H and O–H groups in total. The average Bonchev–Trinajstić information content (AvgIpc) is 3.17. The highest BCUT2D eigenvalue weighted by Crippen LogP contribution is 2.17. The van der Waals surface area contributed by atoms with Crippen molar-refractivity contribution in [1.82, 2.24) is 20.0 Å². The quantitative estimate of drug-likeness (QED) is 0.361. The molecule has 156 valence electrons. The van der Waals surface area contributed by atoms with Crippen molar-refractivity contribution in [2.75, 3.05) is 72.6 Å².